The van der Waals surface area contributed by atoms with Gasteiger partial charge >= 0.3 is 0 Å². The van der Waals surface area contributed by atoms with Gasteiger partial charge in [-0.05, 0) is 119 Å². The van der Waals surface area contributed by atoms with Crippen molar-refractivity contribution in [2.75, 3.05) is 28.4 Å². The molecule has 5 heterocycles. The number of fused-ring (bicyclic) bond motifs is 8. The molecule has 8 bridgehead atoms. The fourth-order valence-electron chi connectivity index (χ4n) is 8.63. The van der Waals surface area contributed by atoms with E-state index < -0.39 is 0 Å². The predicted octanol–water partition coefficient (Wildman–Crippen LogP) is 12.5. The van der Waals surface area contributed by atoms with E-state index in [1.165, 1.54) is 0 Å². The smallest absolute Gasteiger partial charge is 0.119 e. The summed E-state index contributed by atoms with van der Waals surface area (Å²) in [5.41, 5.74) is 15.1. The zero-order valence-electron chi connectivity index (χ0n) is 35.0. The Hall–Kier alpha value is -7.06. The van der Waals surface area contributed by atoms with Crippen molar-refractivity contribution in [3.05, 3.63) is 143 Å². The monoisotopic (exact) mass is 792 g/mol. The Morgan fingerprint density at radius 1 is 0.467 bits per heavy atom. The van der Waals surface area contributed by atoms with E-state index in [9.17, 15) is 0 Å². The summed E-state index contributed by atoms with van der Waals surface area (Å²) in [4.78, 5) is 18.9. The molecule has 60 heavy (non-hydrogen) atoms. The largest absolute Gasteiger partial charge is 0.497 e. The summed E-state index contributed by atoms with van der Waals surface area (Å²) in [6, 6.07) is 37.1. The van der Waals surface area contributed by atoms with Crippen LogP contribution in [0, 0.1) is 5.41 Å². The number of nitrogens with one attached hydrogen (secondary N) is 2. The zero-order chi connectivity index (χ0) is 41.5. The van der Waals surface area contributed by atoms with Crippen molar-refractivity contribution in [1.29, 1.82) is 0 Å². The molecule has 1 atom stereocenters. The highest BCUT2D eigenvalue weighted by Crippen LogP contribution is 2.48. The molecule has 300 valence electrons. The van der Waals surface area contributed by atoms with Crippen molar-refractivity contribution >= 4 is 35.3 Å². The van der Waals surface area contributed by atoms with E-state index in [0.717, 1.165) is 119 Å². The maximum atomic E-state index is 5.81. The Bertz CT molecular complexity index is 2910. The summed E-state index contributed by atoms with van der Waals surface area (Å²) >= 11 is 0. The molecule has 0 saturated carbocycles. The quantitative estimate of drug-likeness (QED) is 0.159. The number of aromatic amines is 2. The van der Waals surface area contributed by atoms with Gasteiger partial charge in [-0.3, -0.25) is 0 Å². The molecule has 0 amide bonds. The maximum Gasteiger partial charge on any atom is 0.119 e. The minimum atomic E-state index is -0.137. The lowest BCUT2D eigenvalue weighted by atomic mass is 9.75. The summed E-state index contributed by atoms with van der Waals surface area (Å²) in [5, 5.41) is 0. The lowest BCUT2D eigenvalue weighted by molar-refractivity contribution is 0.324. The highest BCUT2D eigenvalue weighted by Gasteiger charge is 2.35. The van der Waals surface area contributed by atoms with E-state index in [4.69, 9.17) is 28.9 Å². The van der Waals surface area contributed by atoms with Gasteiger partial charge in [0, 0.05) is 50.6 Å². The van der Waals surface area contributed by atoms with Crippen LogP contribution in [0.25, 0.3) is 79.8 Å². The molecule has 2 aromatic heterocycles. The van der Waals surface area contributed by atoms with Crippen molar-refractivity contribution in [1.82, 2.24) is 19.9 Å². The van der Waals surface area contributed by atoms with Crippen LogP contribution in [-0.2, 0) is 6.42 Å². The highest BCUT2D eigenvalue weighted by atomic mass is 16.5. The van der Waals surface area contributed by atoms with Crippen LogP contribution < -0.4 is 18.9 Å². The zero-order valence-corrected chi connectivity index (χ0v) is 35.0. The average molecular weight is 793 g/mol. The van der Waals surface area contributed by atoms with Gasteiger partial charge < -0.3 is 28.9 Å². The molecular weight excluding hydrogens is 745 g/mol. The van der Waals surface area contributed by atoms with Crippen LogP contribution in [0.5, 0.6) is 23.0 Å². The molecule has 0 radical (unpaired) electrons. The van der Waals surface area contributed by atoms with E-state index in [1.54, 1.807) is 28.4 Å². The molecule has 8 heteroatoms. The van der Waals surface area contributed by atoms with E-state index in [1.807, 2.05) is 48.5 Å². The molecular formula is C52H48N4O4. The van der Waals surface area contributed by atoms with E-state index in [2.05, 4.69) is 116 Å². The number of methoxy groups -OCH3 is 4. The van der Waals surface area contributed by atoms with Gasteiger partial charge in [0.2, 0.25) is 0 Å². The van der Waals surface area contributed by atoms with Gasteiger partial charge in [0.25, 0.3) is 0 Å². The molecule has 1 unspecified atom stereocenters. The number of hydrogen-bond acceptors (Lipinski definition) is 6. The van der Waals surface area contributed by atoms with Gasteiger partial charge in [0.15, 0.2) is 0 Å². The molecule has 0 aliphatic carbocycles. The average Bonchev–Trinajstić information content (AvgIpc) is 4.11. The summed E-state index contributed by atoms with van der Waals surface area (Å²) in [6.07, 6.45) is 9.28. The standard InChI is InChI=1S/C52H48N4O4/c1-52(2,3)39-30-46-49(33-14-10-18-37(28-33)59-6)44-23-22-42(54-44)47(31-12-8-16-35(26-31)57-4)40-20-21-41(53-40)48(32-13-9-17-36(27-32)58-5)43-24-25-45(55-43)50(51(39)56-46)34-15-11-19-38(29-34)60-7/h8-29,39,53,56H,30H2,1-7H3. The van der Waals surface area contributed by atoms with Crippen molar-refractivity contribution in [3.63, 3.8) is 0 Å². The molecule has 6 aromatic rings. The number of ether oxygens (including phenoxy) is 4. The fourth-order valence-corrected chi connectivity index (χ4v) is 8.63. The third-order valence-corrected chi connectivity index (χ3v) is 11.6. The van der Waals surface area contributed by atoms with Crippen LogP contribution in [0.15, 0.2) is 109 Å². The van der Waals surface area contributed by atoms with Crippen LogP contribution in [0.2, 0.25) is 0 Å². The Kier molecular flexibility index (Phi) is 10.0. The van der Waals surface area contributed by atoms with E-state index in [-0.39, 0.29) is 11.3 Å². The van der Waals surface area contributed by atoms with Crippen molar-refractivity contribution in [3.8, 4) is 67.5 Å². The van der Waals surface area contributed by atoms with Crippen LogP contribution >= 0.6 is 0 Å². The molecule has 3 aliphatic heterocycles. The SMILES string of the molecule is COc1cccc(-c2c3nc(c(-c4cccc(OC)c4)c4ccc([nH]4)c(-c4cccc(OC)c4)c4nc(c(-c5cccc(OC)c5)c5[nH]c2CC5C(C)(C)C)C=C4)C=C3)c1. The summed E-state index contributed by atoms with van der Waals surface area (Å²) in [5.74, 6) is 3.16. The minimum Gasteiger partial charge on any atom is -0.497 e. The first-order valence-electron chi connectivity index (χ1n) is 20.2. The molecule has 2 N–H and O–H groups in total. The first-order chi connectivity index (χ1) is 29.1. The maximum absolute atomic E-state index is 5.81. The Balaban J connectivity index is 1.50. The summed E-state index contributed by atoms with van der Waals surface area (Å²) in [7, 11) is 6.80. The first-order valence-corrected chi connectivity index (χ1v) is 20.2. The number of H-pyrrole nitrogens is 2. The van der Waals surface area contributed by atoms with Crippen molar-refractivity contribution < 1.29 is 18.9 Å². The van der Waals surface area contributed by atoms with E-state index in [0.29, 0.717) is 0 Å². The molecule has 0 fully saturated rings. The Morgan fingerprint density at radius 2 is 0.833 bits per heavy atom. The number of hydrogen-bond donors (Lipinski definition) is 2. The predicted molar refractivity (Wildman–Crippen MR) is 244 cm³/mol. The molecule has 8 nitrogen and oxygen atoms in total. The number of benzene rings is 4. The molecule has 0 spiro atoms. The number of rotatable bonds is 8. The van der Waals surface area contributed by atoms with Crippen LogP contribution in [-0.4, -0.2) is 48.4 Å². The highest BCUT2D eigenvalue weighted by molar-refractivity contribution is 5.97. The van der Waals surface area contributed by atoms with Crippen LogP contribution in [0.1, 0.15) is 60.9 Å². The Morgan fingerprint density at radius 3 is 1.23 bits per heavy atom. The number of aromatic nitrogens is 4. The van der Waals surface area contributed by atoms with Gasteiger partial charge in [-0.2, -0.15) is 0 Å². The second-order valence-corrected chi connectivity index (χ2v) is 16.3. The first kappa shape index (κ1) is 38.5. The lowest BCUT2D eigenvalue weighted by Crippen LogP contribution is -2.18. The molecule has 9 rings (SSSR count). The van der Waals surface area contributed by atoms with Gasteiger partial charge in [0.05, 0.1) is 51.2 Å². The molecule has 3 aliphatic rings. The lowest BCUT2D eigenvalue weighted by Gasteiger charge is -2.28. The fraction of sp³-hybridized carbons (Fsp3) is 0.192. The van der Waals surface area contributed by atoms with Gasteiger partial charge in [-0.25, -0.2) is 9.97 Å². The van der Waals surface area contributed by atoms with Crippen molar-refractivity contribution in [2.24, 2.45) is 5.41 Å². The second-order valence-electron chi connectivity index (χ2n) is 16.3. The third-order valence-electron chi connectivity index (χ3n) is 11.6. The minimum absolute atomic E-state index is 0.0888. The topological polar surface area (TPSA) is 94.3 Å². The van der Waals surface area contributed by atoms with Gasteiger partial charge in [0.1, 0.15) is 23.0 Å². The summed E-state index contributed by atoms with van der Waals surface area (Å²) in [6.45, 7) is 6.94. The van der Waals surface area contributed by atoms with Gasteiger partial charge in [-0.15, -0.1) is 0 Å². The third kappa shape index (κ3) is 7.08. The number of nitrogens with zero attached hydrogens (tertiary/aromatic N) is 2. The van der Waals surface area contributed by atoms with Crippen molar-refractivity contribution in [2.45, 2.75) is 33.1 Å². The molecule has 0 saturated heterocycles. The Labute approximate surface area is 350 Å². The molecule has 4 aromatic carbocycles. The van der Waals surface area contributed by atoms with E-state index >= 15 is 0 Å². The normalized spacial score (nSPS) is 13.9. The second kappa shape index (κ2) is 15.6. The van der Waals surface area contributed by atoms with Crippen LogP contribution in [0.4, 0.5) is 0 Å². The van der Waals surface area contributed by atoms with Gasteiger partial charge in [-0.1, -0.05) is 69.3 Å². The summed E-state index contributed by atoms with van der Waals surface area (Å²) < 4.78 is 23.1. The van der Waals surface area contributed by atoms with Crippen LogP contribution in [0.3, 0.4) is 0 Å².